The van der Waals surface area contributed by atoms with Gasteiger partial charge >= 0.3 is 0 Å². The molecule has 1 aliphatic carbocycles. The highest BCUT2D eigenvalue weighted by atomic mass is 35.5. The van der Waals surface area contributed by atoms with Gasteiger partial charge in [-0.15, -0.1) is 0 Å². The van der Waals surface area contributed by atoms with Crippen molar-refractivity contribution in [1.29, 1.82) is 0 Å². The van der Waals surface area contributed by atoms with Crippen LogP contribution in [0.4, 0.5) is 0 Å². The van der Waals surface area contributed by atoms with Gasteiger partial charge in [-0.2, -0.15) is 0 Å². The molecule has 0 aliphatic heterocycles. The molecule has 0 saturated carbocycles. The number of fused-ring (bicyclic) bond motifs is 1. The lowest BCUT2D eigenvalue weighted by Gasteiger charge is -2.12. The number of hydrogen-bond acceptors (Lipinski definition) is 3. The highest BCUT2D eigenvalue weighted by molar-refractivity contribution is 6.42. The summed E-state index contributed by atoms with van der Waals surface area (Å²) in [4.78, 5) is 9.17. The average Bonchev–Trinajstić information content (AvgIpc) is 2.65. The standard InChI is InChI=1S/C16H17Cl2N3/c17-12-6-5-10(7-13(12)18)8-16-20-9-11-14(19)3-1-2-4-15(11)21-16/h5-7,9,14H,1-4,8,19H2. The van der Waals surface area contributed by atoms with E-state index in [1.165, 1.54) is 0 Å². The van der Waals surface area contributed by atoms with Gasteiger partial charge in [-0.3, -0.25) is 0 Å². The molecule has 1 aliphatic rings. The third-order valence-corrected chi connectivity index (χ3v) is 4.61. The highest BCUT2D eigenvalue weighted by Crippen LogP contribution is 2.26. The molecule has 1 aromatic carbocycles. The molecule has 0 bridgehead atoms. The van der Waals surface area contributed by atoms with Gasteiger partial charge in [-0.05, 0) is 37.0 Å². The van der Waals surface area contributed by atoms with Crippen LogP contribution in [0.15, 0.2) is 24.4 Å². The average molecular weight is 322 g/mol. The number of aromatic nitrogens is 2. The molecule has 2 N–H and O–H groups in total. The molecule has 0 spiro atoms. The Balaban J connectivity index is 1.86. The summed E-state index contributed by atoms with van der Waals surface area (Å²) in [5.74, 6) is 0.807. The first-order valence-corrected chi connectivity index (χ1v) is 7.93. The number of rotatable bonds is 2. The Hall–Kier alpha value is -1.16. The smallest absolute Gasteiger partial charge is 0.132 e. The third-order valence-electron chi connectivity index (χ3n) is 3.87. The van der Waals surface area contributed by atoms with Crippen LogP contribution in [0.25, 0.3) is 0 Å². The van der Waals surface area contributed by atoms with Crippen molar-refractivity contribution in [2.45, 2.75) is 38.1 Å². The van der Waals surface area contributed by atoms with E-state index in [4.69, 9.17) is 33.9 Å². The molecular formula is C16H17Cl2N3. The Morgan fingerprint density at radius 2 is 2.05 bits per heavy atom. The molecule has 110 valence electrons. The molecule has 21 heavy (non-hydrogen) atoms. The second kappa shape index (κ2) is 6.30. The van der Waals surface area contributed by atoms with Gasteiger partial charge < -0.3 is 5.73 Å². The van der Waals surface area contributed by atoms with E-state index < -0.39 is 0 Å². The maximum Gasteiger partial charge on any atom is 0.132 e. The summed E-state index contributed by atoms with van der Waals surface area (Å²) in [6, 6.07) is 5.69. The van der Waals surface area contributed by atoms with Gasteiger partial charge in [0.15, 0.2) is 0 Å². The minimum absolute atomic E-state index is 0.0709. The van der Waals surface area contributed by atoms with Crippen molar-refractivity contribution in [2.75, 3.05) is 0 Å². The highest BCUT2D eigenvalue weighted by Gasteiger charge is 2.17. The van der Waals surface area contributed by atoms with E-state index in [0.29, 0.717) is 16.5 Å². The van der Waals surface area contributed by atoms with Crippen LogP contribution in [0.1, 0.15) is 47.9 Å². The van der Waals surface area contributed by atoms with Gasteiger partial charge in [0.2, 0.25) is 0 Å². The maximum absolute atomic E-state index is 6.17. The second-order valence-corrected chi connectivity index (χ2v) is 6.28. The first-order chi connectivity index (χ1) is 10.1. The molecule has 0 amide bonds. The molecule has 2 aromatic rings. The fourth-order valence-corrected chi connectivity index (χ4v) is 3.03. The minimum atomic E-state index is 0.0709. The molecule has 1 heterocycles. The van der Waals surface area contributed by atoms with E-state index in [2.05, 4.69) is 4.98 Å². The van der Waals surface area contributed by atoms with Crippen molar-refractivity contribution in [3.8, 4) is 0 Å². The van der Waals surface area contributed by atoms with E-state index >= 15 is 0 Å². The van der Waals surface area contributed by atoms with Gasteiger partial charge in [0, 0.05) is 29.9 Å². The number of halogens is 2. The van der Waals surface area contributed by atoms with E-state index in [1.54, 1.807) is 6.07 Å². The van der Waals surface area contributed by atoms with Gasteiger partial charge in [0.05, 0.1) is 10.0 Å². The van der Waals surface area contributed by atoms with Gasteiger partial charge in [0.1, 0.15) is 5.82 Å². The Morgan fingerprint density at radius 1 is 1.19 bits per heavy atom. The first-order valence-electron chi connectivity index (χ1n) is 7.17. The maximum atomic E-state index is 6.17. The van der Waals surface area contributed by atoms with Crippen molar-refractivity contribution in [3.05, 3.63) is 57.1 Å². The van der Waals surface area contributed by atoms with Crippen LogP contribution in [-0.2, 0) is 12.8 Å². The SMILES string of the molecule is NC1CCCCc2nc(Cc3ccc(Cl)c(Cl)c3)ncc21. The Bertz CT molecular complexity index is 658. The molecule has 0 radical (unpaired) electrons. The molecule has 3 rings (SSSR count). The zero-order chi connectivity index (χ0) is 14.8. The fourth-order valence-electron chi connectivity index (χ4n) is 2.71. The van der Waals surface area contributed by atoms with Crippen molar-refractivity contribution in [3.63, 3.8) is 0 Å². The largest absolute Gasteiger partial charge is 0.324 e. The van der Waals surface area contributed by atoms with E-state index in [9.17, 15) is 0 Å². The van der Waals surface area contributed by atoms with Crippen LogP contribution in [0.5, 0.6) is 0 Å². The molecule has 1 unspecified atom stereocenters. The Morgan fingerprint density at radius 3 is 2.86 bits per heavy atom. The number of benzene rings is 1. The monoisotopic (exact) mass is 321 g/mol. The van der Waals surface area contributed by atoms with Crippen LogP contribution in [0, 0.1) is 0 Å². The summed E-state index contributed by atoms with van der Waals surface area (Å²) in [7, 11) is 0. The molecule has 1 atom stereocenters. The minimum Gasteiger partial charge on any atom is -0.324 e. The summed E-state index contributed by atoms with van der Waals surface area (Å²) >= 11 is 12.0. The van der Waals surface area contributed by atoms with Gasteiger partial charge in [0.25, 0.3) is 0 Å². The number of aryl methyl sites for hydroxylation is 1. The second-order valence-electron chi connectivity index (χ2n) is 5.47. The van der Waals surface area contributed by atoms with Crippen molar-refractivity contribution >= 4 is 23.2 Å². The van der Waals surface area contributed by atoms with Crippen LogP contribution >= 0.6 is 23.2 Å². The summed E-state index contributed by atoms with van der Waals surface area (Å²) < 4.78 is 0. The van der Waals surface area contributed by atoms with Crippen molar-refractivity contribution in [2.24, 2.45) is 5.73 Å². The fraction of sp³-hybridized carbons (Fsp3) is 0.375. The summed E-state index contributed by atoms with van der Waals surface area (Å²) in [5.41, 5.74) is 9.44. The first kappa shape index (κ1) is 14.8. The Labute approximate surface area is 134 Å². The van der Waals surface area contributed by atoms with E-state index in [1.807, 2.05) is 18.3 Å². The lowest BCUT2D eigenvalue weighted by Crippen LogP contribution is -2.13. The zero-order valence-electron chi connectivity index (χ0n) is 11.6. The summed E-state index contributed by atoms with van der Waals surface area (Å²) in [5, 5.41) is 1.13. The lowest BCUT2D eigenvalue weighted by molar-refractivity contribution is 0.614. The molecule has 3 nitrogen and oxygen atoms in total. The molecule has 0 saturated heterocycles. The van der Waals surface area contributed by atoms with Crippen molar-refractivity contribution < 1.29 is 0 Å². The van der Waals surface area contributed by atoms with Gasteiger partial charge in [-0.25, -0.2) is 9.97 Å². The molecule has 5 heteroatoms. The van der Waals surface area contributed by atoms with Crippen LogP contribution in [-0.4, -0.2) is 9.97 Å². The van der Waals surface area contributed by atoms with Crippen LogP contribution in [0.3, 0.4) is 0 Å². The summed E-state index contributed by atoms with van der Waals surface area (Å²) in [6.07, 6.45) is 6.84. The van der Waals surface area contributed by atoms with E-state index in [0.717, 1.165) is 48.3 Å². The number of hydrogen-bond donors (Lipinski definition) is 1. The lowest BCUT2D eigenvalue weighted by atomic mass is 10.1. The molecular weight excluding hydrogens is 305 g/mol. The Kier molecular flexibility index (Phi) is 4.43. The number of nitrogens with two attached hydrogens (primary N) is 1. The molecule has 0 fully saturated rings. The number of nitrogens with zero attached hydrogens (tertiary/aromatic N) is 2. The molecule has 1 aromatic heterocycles. The zero-order valence-corrected chi connectivity index (χ0v) is 13.2. The summed E-state index contributed by atoms with van der Waals surface area (Å²) in [6.45, 7) is 0. The van der Waals surface area contributed by atoms with E-state index in [-0.39, 0.29) is 6.04 Å². The normalized spacial score (nSPS) is 18.1. The van der Waals surface area contributed by atoms with Gasteiger partial charge in [-0.1, -0.05) is 35.7 Å². The van der Waals surface area contributed by atoms with Crippen LogP contribution in [0.2, 0.25) is 10.0 Å². The topological polar surface area (TPSA) is 51.8 Å². The van der Waals surface area contributed by atoms with Crippen molar-refractivity contribution in [1.82, 2.24) is 9.97 Å². The van der Waals surface area contributed by atoms with Crippen LogP contribution < -0.4 is 5.73 Å². The third kappa shape index (κ3) is 3.37. The predicted octanol–water partition coefficient (Wildman–Crippen LogP) is 4.10. The quantitative estimate of drug-likeness (QED) is 0.847. The predicted molar refractivity (Wildman–Crippen MR) is 85.8 cm³/mol.